The normalized spacial score (nSPS) is 15.7. The first-order valence-electron chi connectivity index (χ1n) is 11.6. The zero-order chi connectivity index (χ0) is 24.5. The van der Waals surface area contributed by atoms with Crippen molar-refractivity contribution in [1.29, 1.82) is 0 Å². The molecule has 1 aliphatic heterocycles. The lowest BCUT2D eigenvalue weighted by atomic mass is 10.0. The monoisotopic (exact) mass is 487 g/mol. The third kappa shape index (κ3) is 4.32. The van der Waals surface area contributed by atoms with Crippen molar-refractivity contribution < 1.29 is 14.0 Å². The minimum Gasteiger partial charge on any atom is -0.350 e. The molecule has 35 heavy (non-hydrogen) atoms. The molecule has 0 bridgehead atoms. The van der Waals surface area contributed by atoms with E-state index < -0.39 is 6.04 Å². The van der Waals surface area contributed by atoms with E-state index >= 15 is 0 Å². The standard InChI is InChI=1S/C28H26FN3O2S/c1-3-18-7-6-8-21(15-18)32-24(33)17-35-28-25(22-9-4-5-10-23(22)31(28)2)26(32)27(34)30-16-19-11-13-20(29)14-12-19/h4-15,26H,3,16-17H2,1-2H3,(H,30,34). The van der Waals surface area contributed by atoms with E-state index in [2.05, 4.69) is 16.8 Å². The predicted octanol–water partition coefficient (Wildman–Crippen LogP) is 5.38. The number of para-hydroxylation sites is 1. The molecule has 1 unspecified atom stereocenters. The van der Waals surface area contributed by atoms with E-state index in [4.69, 9.17) is 0 Å². The largest absolute Gasteiger partial charge is 0.350 e. The molecule has 178 valence electrons. The second-order valence-corrected chi connectivity index (χ2v) is 9.58. The zero-order valence-electron chi connectivity index (χ0n) is 19.6. The number of amides is 2. The Morgan fingerprint density at radius 2 is 1.83 bits per heavy atom. The Kier molecular flexibility index (Phi) is 6.34. The number of hydrogen-bond acceptors (Lipinski definition) is 3. The molecule has 5 nitrogen and oxygen atoms in total. The summed E-state index contributed by atoms with van der Waals surface area (Å²) in [7, 11) is 1.97. The first kappa shape index (κ1) is 23.2. The number of anilines is 1. The third-order valence-corrected chi connectivity index (χ3v) is 7.61. The average Bonchev–Trinajstić information content (AvgIpc) is 3.05. The molecule has 1 aliphatic rings. The highest BCUT2D eigenvalue weighted by Crippen LogP contribution is 2.43. The van der Waals surface area contributed by atoms with Gasteiger partial charge in [-0.15, -0.1) is 0 Å². The maximum atomic E-state index is 13.9. The van der Waals surface area contributed by atoms with E-state index in [0.717, 1.165) is 39.0 Å². The number of aryl methyl sites for hydroxylation is 2. The molecule has 3 aromatic carbocycles. The molecule has 5 rings (SSSR count). The Bertz CT molecular complexity index is 1410. The van der Waals surface area contributed by atoms with Gasteiger partial charge in [-0.25, -0.2) is 4.39 Å². The van der Waals surface area contributed by atoms with Crippen LogP contribution in [0.1, 0.15) is 29.7 Å². The van der Waals surface area contributed by atoms with Gasteiger partial charge in [0.25, 0.3) is 0 Å². The van der Waals surface area contributed by atoms with Crippen molar-refractivity contribution in [1.82, 2.24) is 9.88 Å². The van der Waals surface area contributed by atoms with Crippen molar-refractivity contribution in [3.05, 3.63) is 95.3 Å². The summed E-state index contributed by atoms with van der Waals surface area (Å²) in [6, 6.07) is 21.0. The summed E-state index contributed by atoms with van der Waals surface area (Å²) in [5.41, 5.74) is 4.43. The lowest BCUT2D eigenvalue weighted by Gasteiger charge is -2.30. The number of benzene rings is 3. The van der Waals surface area contributed by atoms with Crippen LogP contribution in [0.5, 0.6) is 0 Å². The van der Waals surface area contributed by atoms with Crippen LogP contribution >= 0.6 is 11.8 Å². The van der Waals surface area contributed by atoms with Crippen molar-refractivity contribution in [2.24, 2.45) is 7.05 Å². The number of nitrogens with zero attached hydrogens (tertiary/aromatic N) is 2. The second-order valence-electron chi connectivity index (χ2n) is 8.62. The fraction of sp³-hybridized carbons (Fsp3) is 0.214. The van der Waals surface area contributed by atoms with Crippen molar-refractivity contribution in [3.63, 3.8) is 0 Å². The van der Waals surface area contributed by atoms with Gasteiger partial charge in [0, 0.05) is 35.7 Å². The fourth-order valence-electron chi connectivity index (χ4n) is 4.67. The van der Waals surface area contributed by atoms with E-state index in [1.54, 1.807) is 17.0 Å². The molecule has 0 saturated heterocycles. The quantitative estimate of drug-likeness (QED) is 0.411. The minimum absolute atomic E-state index is 0.120. The molecule has 1 aromatic heterocycles. The summed E-state index contributed by atoms with van der Waals surface area (Å²) >= 11 is 1.47. The number of rotatable bonds is 5. The predicted molar refractivity (Wildman–Crippen MR) is 138 cm³/mol. The van der Waals surface area contributed by atoms with Crippen LogP contribution in [0.3, 0.4) is 0 Å². The SMILES string of the molecule is CCc1cccc(N2C(=O)CSc3c(c4ccccc4n3C)C2C(=O)NCc2ccc(F)cc2)c1. The summed E-state index contributed by atoms with van der Waals surface area (Å²) in [6.07, 6.45) is 0.825. The summed E-state index contributed by atoms with van der Waals surface area (Å²) in [5, 5.41) is 4.87. The molecular weight excluding hydrogens is 461 g/mol. The van der Waals surface area contributed by atoms with Gasteiger partial charge in [0.2, 0.25) is 11.8 Å². The number of carbonyl (C=O) groups excluding carboxylic acids is 2. The molecule has 0 spiro atoms. The van der Waals surface area contributed by atoms with Crippen LogP contribution < -0.4 is 10.2 Å². The topological polar surface area (TPSA) is 54.3 Å². The second kappa shape index (κ2) is 9.58. The number of hydrogen-bond donors (Lipinski definition) is 1. The average molecular weight is 488 g/mol. The Hall–Kier alpha value is -3.58. The Morgan fingerprint density at radius 3 is 2.60 bits per heavy atom. The Labute approximate surface area is 207 Å². The maximum absolute atomic E-state index is 13.9. The van der Waals surface area contributed by atoms with Crippen LogP contribution in [-0.4, -0.2) is 22.1 Å². The highest BCUT2D eigenvalue weighted by Gasteiger charge is 2.39. The van der Waals surface area contributed by atoms with Gasteiger partial charge < -0.3 is 9.88 Å². The van der Waals surface area contributed by atoms with Crippen molar-refractivity contribution in [2.75, 3.05) is 10.7 Å². The molecular formula is C28H26FN3O2S. The van der Waals surface area contributed by atoms with Crippen LogP contribution in [0.15, 0.2) is 77.8 Å². The van der Waals surface area contributed by atoms with Crippen LogP contribution in [0.25, 0.3) is 10.9 Å². The van der Waals surface area contributed by atoms with Crippen molar-refractivity contribution in [3.8, 4) is 0 Å². The molecule has 1 N–H and O–H groups in total. The molecule has 0 fully saturated rings. The van der Waals surface area contributed by atoms with Crippen LogP contribution in [0.2, 0.25) is 0 Å². The van der Waals surface area contributed by atoms with E-state index in [-0.39, 0.29) is 29.9 Å². The number of carbonyl (C=O) groups is 2. The van der Waals surface area contributed by atoms with Crippen molar-refractivity contribution in [2.45, 2.75) is 31.0 Å². The molecule has 2 heterocycles. The molecule has 0 radical (unpaired) electrons. The lowest BCUT2D eigenvalue weighted by Crippen LogP contribution is -2.43. The summed E-state index contributed by atoms with van der Waals surface area (Å²) < 4.78 is 15.4. The maximum Gasteiger partial charge on any atom is 0.248 e. The van der Waals surface area contributed by atoms with Gasteiger partial charge in [-0.1, -0.05) is 61.2 Å². The van der Waals surface area contributed by atoms with E-state index in [1.807, 2.05) is 55.6 Å². The molecule has 7 heteroatoms. The van der Waals surface area contributed by atoms with Gasteiger partial charge in [-0.2, -0.15) is 0 Å². The number of fused-ring (bicyclic) bond motifs is 3. The van der Waals surface area contributed by atoms with E-state index in [0.29, 0.717) is 5.69 Å². The highest BCUT2D eigenvalue weighted by molar-refractivity contribution is 8.00. The van der Waals surface area contributed by atoms with Gasteiger partial charge >= 0.3 is 0 Å². The molecule has 2 amide bonds. The zero-order valence-corrected chi connectivity index (χ0v) is 20.4. The third-order valence-electron chi connectivity index (χ3n) is 6.45. The van der Waals surface area contributed by atoms with E-state index in [9.17, 15) is 14.0 Å². The van der Waals surface area contributed by atoms with Gasteiger partial charge in [0.15, 0.2) is 0 Å². The van der Waals surface area contributed by atoms with Crippen LogP contribution in [-0.2, 0) is 29.6 Å². The van der Waals surface area contributed by atoms with Crippen molar-refractivity contribution >= 4 is 40.2 Å². The van der Waals surface area contributed by atoms with Gasteiger partial charge in [-0.05, 0) is 47.9 Å². The van der Waals surface area contributed by atoms with Gasteiger partial charge in [0.05, 0.1) is 10.8 Å². The first-order chi connectivity index (χ1) is 17.0. The van der Waals surface area contributed by atoms with Crippen LogP contribution in [0, 0.1) is 5.82 Å². The smallest absolute Gasteiger partial charge is 0.248 e. The lowest BCUT2D eigenvalue weighted by molar-refractivity contribution is -0.125. The molecule has 4 aromatic rings. The fourth-order valence-corrected chi connectivity index (χ4v) is 5.73. The van der Waals surface area contributed by atoms with Gasteiger partial charge in [-0.3, -0.25) is 14.5 Å². The number of thioether (sulfide) groups is 1. The summed E-state index contributed by atoms with van der Waals surface area (Å²) in [5.74, 6) is -0.487. The number of halogens is 1. The van der Waals surface area contributed by atoms with Gasteiger partial charge in [0.1, 0.15) is 11.9 Å². The number of aromatic nitrogens is 1. The first-order valence-corrected chi connectivity index (χ1v) is 12.6. The van der Waals surface area contributed by atoms with E-state index in [1.165, 1.54) is 23.9 Å². The Balaban J connectivity index is 1.64. The number of nitrogens with one attached hydrogen (secondary N) is 1. The Morgan fingerprint density at radius 1 is 1.06 bits per heavy atom. The molecule has 0 aliphatic carbocycles. The minimum atomic E-state index is -0.842. The van der Waals surface area contributed by atoms with Crippen LogP contribution in [0.4, 0.5) is 10.1 Å². The molecule has 0 saturated carbocycles. The highest BCUT2D eigenvalue weighted by atomic mass is 32.2. The summed E-state index contributed by atoms with van der Waals surface area (Å²) in [6.45, 7) is 2.30. The summed E-state index contributed by atoms with van der Waals surface area (Å²) in [4.78, 5) is 29.1. The molecule has 1 atom stereocenters.